The van der Waals surface area contributed by atoms with Crippen LogP contribution in [0.1, 0.15) is 50.3 Å². The van der Waals surface area contributed by atoms with Gasteiger partial charge < -0.3 is 4.90 Å². The molecule has 1 saturated heterocycles. The van der Waals surface area contributed by atoms with Crippen LogP contribution in [0.2, 0.25) is 0 Å². The summed E-state index contributed by atoms with van der Waals surface area (Å²) in [5.41, 5.74) is 1.02. The molecule has 1 heterocycles. The van der Waals surface area contributed by atoms with Gasteiger partial charge in [0.1, 0.15) is 5.82 Å². The molecule has 0 bridgehead atoms. The van der Waals surface area contributed by atoms with Crippen LogP contribution in [-0.4, -0.2) is 41.9 Å². The number of hydrogen-bond acceptors (Lipinski definition) is 2. The lowest BCUT2D eigenvalue weighted by atomic mass is 9.88. The fraction of sp³-hybridized carbons (Fsp3) is 0.519. The monoisotopic (exact) mass is 478 g/mol. The number of likely N-dealkylation sites (tertiary alicyclic amines) is 1. The Balaban J connectivity index is 1.81. The van der Waals surface area contributed by atoms with E-state index in [1.807, 2.05) is 24.8 Å². The van der Waals surface area contributed by atoms with Crippen LogP contribution < -0.4 is 0 Å². The van der Waals surface area contributed by atoms with Gasteiger partial charge in [0, 0.05) is 44.6 Å². The zero-order valence-corrected chi connectivity index (χ0v) is 20.3. The summed E-state index contributed by atoms with van der Waals surface area (Å²) < 4.78 is 52.7. The van der Waals surface area contributed by atoms with E-state index in [1.165, 1.54) is 18.2 Å². The van der Waals surface area contributed by atoms with Crippen molar-refractivity contribution in [1.82, 2.24) is 9.80 Å². The summed E-state index contributed by atoms with van der Waals surface area (Å²) >= 11 is 0. The Kier molecular flexibility index (Phi) is 8.39. The first kappa shape index (κ1) is 26.2. The van der Waals surface area contributed by atoms with Crippen molar-refractivity contribution in [2.75, 3.05) is 26.2 Å². The first-order valence-corrected chi connectivity index (χ1v) is 11.9. The number of hydrogen-bond donors (Lipinski definition) is 0. The lowest BCUT2D eigenvalue weighted by molar-refractivity contribution is -0.137. The van der Waals surface area contributed by atoms with E-state index < -0.39 is 11.7 Å². The van der Waals surface area contributed by atoms with Crippen molar-refractivity contribution in [3.63, 3.8) is 0 Å². The van der Waals surface area contributed by atoms with E-state index in [9.17, 15) is 22.4 Å². The predicted octanol–water partition coefficient (Wildman–Crippen LogP) is 6.20. The molecular formula is C27H34F4N2O. The van der Waals surface area contributed by atoms with Crippen molar-refractivity contribution in [2.45, 2.75) is 46.3 Å². The maximum Gasteiger partial charge on any atom is 0.416 e. The number of halogens is 4. The highest BCUT2D eigenvalue weighted by Crippen LogP contribution is 2.35. The largest absolute Gasteiger partial charge is 0.416 e. The fourth-order valence-corrected chi connectivity index (χ4v) is 4.79. The SMILES string of the molecule is CC(C)CN(C[C@H]1CN(Cc2ccc(C(F)(F)F)cc2)C[C@H]1c1cccc(F)c1)C(=O)C(C)C. The van der Waals surface area contributed by atoms with Crippen molar-refractivity contribution in [1.29, 1.82) is 0 Å². The van der Waals surface area contributed by atoms with E-state index in [4.69, 9.17) is 0 Å². The molecule has 1 fully saturated rings. The van der Waals surface area contributed by atoms with Crippen LogP contribution >= 0.6 is 0 Å². The topological polar surface area (TPSA) is 23.6 Å². The summed E-state index contributed by atoms with van der Waals surface area (Å²) in [5.74, 6) is 0.135. The molecule has 0 aromatic heterocycles. The zero-order valence-electron chi connectivity index (χ0n) is 20.3. The van der Waals surface area contributed by atoms with Gasteiger partial charge in [-0.05, 0) is 47.2 Å². The molecule has 1 amide bonds. The molecule has 0 radical (unpaired) electrons. The number of benzene rings is 2. The minimum absolute atomic E-state index is 0.0276. The summed E-state index contributed by atoms with van der Waals surface area (Å²) in [5, 5.41) is 0. The number of alkyl halides is 3. The maximum absolute atomic E-state index is 14.0. The molecule has 0 spiro atoms. The Morgan fingerprint density at radius 2 is 1.74 bits per heavy atom. The lowest BCUT2D eigenvalue weighted by Crippen LogP contribution is -2.41. The normalized spacial score (nSPS) is 19.2. The molecule has 0 N–H and O–H groups in total. The highest BCUT2D eigenvalue weighted by Gasteiger charge is 2.36. The standard InChI is InChI=1S/C27H34F4N2O/c1-18(2)13-33(26(34)19(3)4)16-22-15-32(17-25(22)21-6-5-7-24(28)12-21)14-20-8-10-23(11-9-20)27(29,30)31/h5-12,18-19,22,25H,13-17H2,1-4H3/t22-,25+/m1/s1. The van der Waals surface area contributed by atoms with Crippen molar-refractivity contribution in [3.8, 4) is 0 Å². The summed E-state index contributed by atoms with van der Waals surface area (Å²) in [4.78, 5) is 17.0. The second-order valence-electron chi connectivity index (χ2n) is 10.1. The Bertz CT molecular complexity index is 956. The lowest BCUT2D eigenvalue weighted by Gasteiger charge is -2.31. The molecule has 7 heteroatoms. The highest BCUT2D eigenvalue weighted by molar-refractivity contribution is 5.78. The van der Waals surface area contributed by atoms with Gasteiger partial charge in [0.2, 0.25) is 5.91 Å². The van der Waals surface area contributed by atoms with Crippen LogP contribution in [0.3, 0.4) is 0 Å². The van der Waals surface area contributed by atoms with Crippen molar-refractivity contribution >= 4 is 5.91 Å². The quantitative estimate of drug-likeness (QED) is 0.422. The van der Waals surface area contributed by atoms with E-state index in [2.05, 4.69) is 18.7 Å². The molecule has 2 atom stereocenters. The predicted molar refractivity (Wildman–Crippen MR) is 126 cm³/mol. The zero-order chi connectivity index (χ0) is 25.0. The Morgan fingerprint density at radius 3 is 2.29 bits per heavy atom. The molecule has 2 aromatic rings. The van der Waals surface area contributed by atoms with E-state index in [-0.39, 0.29) is 29.5 Å². The van der Waals surface area contributed by atoms with Gasteiger partial charge in [-0.3, -0.25) is 9.69 Å². The third-order valence-electron chi connectivity index (χ3n) is 6.33. The summed E-state index contributed by atoms with van der Waals surface area (Å²) in [6.07, 6.45) is -4.36. The van der Waals surface area contributed by atoms with Crippen LogP contribution in [0, 0.1) is 23.6 Å². The molecule has 1 aliphatic heterocycles. The minimum Gasteiger partial charge on any atom is -0.342 e. The van der Waals surface area contributed by atoms with E-state index >= 15 is 0 Å². The van der Waals surface area contributed by atoms with E-state index in [1.54, 1.807) is 12.1 Å². The van der Waals surface area contributed by atoms with Crippen molar-refractivity contribution in [3.05, 3.63) is 71.0 Å². The fourth-order valence-electron chi connectivity index (χ4n) is 4.79. The van der Waals surface area contributed by atoms with Gasteiger partial charge in [0.05, 0.1) is 5.56 Å². The molecule has 1 aliphatic rings. The van der Waals surface area contributed by atoms with Crippen LogP contribution in [0.4, 0.5) is 17.6 Å². The maximum atomic E-state index is 14.0. The number of rotatable bonds is 8. The van der Waals surface area contributed by atoms with Gasteiger partial charge in [0.15, 0.2) is 0 Å². The van der Waals surface area contributed by atoms with Crippen LogP contribution in [0.25, 0.3) is 0 Å². The second kappa shape index (κ2) is 10.9. The van der Waals surface area contributed by atoms with Gasteiger partial charge in [-0.15, -0.1) is 0 Å². The molecule has 0 aliphatic carbocycles. The molecular weight excluding hydrogens is 444 g/mol. The third-order valence-corrected chi connectivity index (χ3v) is 6.33. The Labute approximate surface area is 199 Å². The number of amides is 1. The molecule has 2 aromatic carbocycles. The Morgan fingerprint density at radius 1 is 1.06 bits per heavy atom. The van der Waals surface area contributed by atoms with Crippen molar-refractivity contribution in [2.24, 2.45) is 17.8 Å². The average molecular weight is 479 g/mol. The van der Waals surface area contributed by atoms with Gasteiger partial charge in [-0.1, -0.05) is 52.0 Å². The first-order valence-electron chi connectivity index (χ1n) is 11.9. The second-order valence-corrected chi connectivity index (χ2v) is 10.1. The number of nitrogens with zero attached hydrogens (tertiary/aromatic N) is 2. The van der Waals surface area contributed by atoms with Gasteiger partial charge in [0.25, 0.3) is 0 Å². The average Bonchev–Trinajstić information content (AvgIpc) is 3.14. The molecule has 34 heavy (non-hydrogen) atoms. The van der Waals surface area contributed by atoms with Gasteiger partial charge >= 0.3 is 6.18 Å². The van der Waals surface area contributed by atoms with Crippen LogP contribution in [-0.2, 0) is 17.5 Å². The molecule has 3 nitrogen and oxygen atoms in total. The minimum atomic E-state index is -4.36. The third kappa shape index (κ3) is 6.81. The smallest absolute Gasteiger partial charge is 0.342 e. The summed E-state index contributed by atoms with van der Waals surface area (Å²) in [7, 11) is 0. The van der Waals surface area contributed by atoms with Gasteiger partial charge in [-0.2, -0.15) is 13.2 Å². The molecule has 3 rings (SSSR count). The molecule has 0 unspecified atom stereocenters. The van der Waals surface area contributed by atoms with Gasteiger partial charge in [-0.25, -0.2) is 4.39 Å². The first-order chi connectivity index (χ1) is 15.9. The highest BCUT2D eigenvalue weighted by atomic mass is 19.4. The van der Waals surface area contributed by atoms with E-state index in [0.29, 0.717) is 38.6 Å². The summed E-state index contributed by atoms with van der Waals surface area (Å²) in [6, 6.07) is 11.8. The van der Waals surface area contributed by atoms with Crippen LogP contribution in [0.15, 0.2) is 48.5 Å². The summed E-state index contributed by atoms with van der Waals surface area (Å²) in [6.45, 7) is 11.0. The number of carbonyl (C=O) groups is 1. The Hall–Kier alpha value is -2.41. The molecule has 0 saturated carbocycles. The number of carbonyl (C=O) groups excluding carboxylic acids is 1. The molecule has 186 valence electrons. The van der Waals surface area contributed by atoms with E-state index in [0.717, 1.165) is 23.3 Å². The van der Waals surface area contributed by atoms with Crippen molar-refractivity contribution < 1.29 is 22.4 Å². The van der Waals surface area contributed by atoms with Crippen LogP contribution in [0.5, 0.6) is 0 Å².